The van der Waals surface area contributed by atoms with Gasteiger partial charge in [-0.2, -0.15) is 0 Å². The van der Waals surface area contributed by atoms with Crippen LogP contribution >= 0.6 is 0 Å². The number of morpholine rings is 1. The lowest BCUT2D eigenvalue weighted by atomic mass is 10.0. The van der Waals surface area contributed by atoms with Crippen LogP contribution in [0, 0.1) is 0 Å². The van der Waals surface area contributed by atoms with E-state index in [0.717, 1.165) is 41.5 Å². The number of nitrogens with zero attached hydrogens (tertiary/aromatic N) is 2. The minimum absolute atomic E-state index is 0.596. The van der Waals surface area contributed by atoms with Crippen molar-refractivity contribution < 1.29 is 19.0 Å². The van der Waals surface area contributed by atoms with Crippen LogP contribution in [0.5, 0.6) is 11.5 Å². The van der Waals surface area contributed by atoms with Gasteiger partial charge < -0.3 is 19.1 Å². The van der Waals surface area contributed by atoms with E-state index < -0.39 is 0 Å². The van der Waals surface area contributed by atoms with Crippen LogP contribution in [0.2, 0.25) is 0 Å². The number of hydrogen-bond donors (Lipinski definition) is 0. The van der Waals surface area contributed by atoms with Crippen LogP contribution in [-0.4, -0.2) is 51.8 Å². The van der Waals surface area contributed by atoms with Crippen LogP contribution in [0.15, 0.2) is 42.5 Å². The fraction of sp³-hybridized carbons (Fsp3) is 0.273. The van der Waals surface area contributed by atoms with E-state index in [1.165, 1.54) is 0 Å². The number of para-hydroxylation sites is 1. The number of rotatable bonds is 5. The number of methoxy groups -OCH3 is 2. The van der Waals surface area contributed by atoms with Crippen molar-refractivity contribution in [2.45, 2.75) is 0 Å². The van der Waals surface area contributed by atoms with Crippen LogP contribution in [0.4, 0.5) is 5.69 Å². The summed E-state index contributed by atoms with van der Waals surface area (Å²) in [5.41, 5.74) is 3.89. The molecular formula is C22H22N2O4. The fourth-order valence-corrected chi connectivity index (χ4v) is 3.58. The minimum Gasteiger partial charge on any atom is -0.493 e. The maximum atomic E-state index is 11.9. The maximum absolute atomic E-state index is 11.9. The van der Waals surface area contributed by atoms with Crippen LogP contribution in [0.3, 0.4) is 0 Å². The molecular weight excluding hydrogens is 356 g/mol. The molecule has 0 N–H and O–H groups in total. The van der Waals surface area contributed by atoms with Gasteiger partial charge in [0.1, 0.15) is 0 Å². The lowest BCUT2D eigenvalue weighted by Crippen LogP contribution is -2.36. The van der Waals surface area contributed by atoms with Gasteiger partial charge in [0, 0.05) is 35.3 Å². The number of anilines is 1. The Morgan fingerprint density at radius 2 is 1.89 bits per heavy atom. The molecule has 6 heteroatoms. The molecule has 0 atom stereocenters. The van der Waals surface area contributed by atoms with Crippen molar-refractivity contribution in [3.05, 3.63) is 48.0 Å². The lowest BCUT2D eigenvalue weighted by Gasteiger charge is -2.29. The molecule has 4 rings (SSSR count). The molecule has 1 aromatic heterocycles. The zero-order valence-electron chi connectivity index (χ0n) is 16.0. The molecule has 2 aromatic carbocycles. The summed E-state index contributed by atoms with van der Waals surface area (Å²) in [4.78, 5) is 18.9. The fourth-order valence-electron chi connectivity index (χ4n) is 3.58. The van der Waals surface area contributed by atoms with E-state index in [4.69, 9.17) is 19.2 Å². The first-order valence-corrected chi connectivity index (χ1v) is 9.19. The van der Waals surface area contributed by atoms with E-state index in [1.807, 2.05) is 36.4 Å². The zero-order chi connectivity index (χ0) is 19.5. The number of benzene rings is 2. The Balaban J connectivity index is 1.83. The SMILES string of the molecule is COc1cccc(-c2cc(C=O)c3cc(N4CCOCC4)ccc3n2)c1OC. The first-order valence-electron chi connectivity index (χ1n) is 9.19. The van der Waals surface area contributed by atoms with Crippen molar-refractivity contribution in [1.82, 2.24) is 4.98 Å². The summed E-state index contributed by atoms with van der Waals surface area (Å²) in [5, 5.41) is 0.838. The Morgan fingerprint density at radius 3 is 2.61 bits per heavy atom. The van der Waals surface area contributed by atoms with Crippen molar-refractivity contribution in [2.24, 2.45) is 0 Å². The lowest BCUT2D eigenvalue weighted by molar-refractivity contribution is 0.112. The van der Waals surface area contributed by atoms with Gasteiger partial charge in [-0.15, -0.1) is 0 Å². The summed E-state index contributed by atoms with van der Waals surface area (Å²) in [6.45, 7) is 3.11. The van der Waals surface area contributed by atoms with Gasteiger partial charge in [-0.05, 0) is 36.4 Å². The summed E-state index contributed by atoms with van der Waals surface area (Å²) in [7, 11) is 3.19. The topological polar surface area (TPSA) is 60.9 Å². The Hall–Kier alpha value is -3.12. The van der Waals surface area contributed by atoms with Crippen LogP contribution in [0.25, 0.3) is 22.2 Å². The largest absolute Gasteiger partial charge is 0.493 e. The molecule has 0 bridgehead atoms. The molecule has 144 valence electrons. The van der Waals surface area contributed by atoms with Crippen molar-refractivity contribution in [2.75, 3.05) is 45.4 Å². The van der Waals surface area contributed by atoms with Crippen molar-refractivity contribution in [3.63, 3.8) is 0 Å². The molecule has 0 saturated carbocycles. The number of pyridine rings is 1. The molecule has 0 unspecified atom stereocenters. The summed E-state index contributed by atoms with van der Waals surface area (Å²) < 4.78 is 16.3. The van der Waals surface area contributed by atoms with Crippen LogP contribution in [0.1, 0.15) is 10.4 Å². The molecule has 0 aliphatic carbocycles. The first kappa shape index (κ1) is 18.3. The number of ether oxygens (including phenoxy) is 3. The highest BCUT2D eigenvalue weighted by Gasteiger charge is 2.17. The van der Waals surface area contributed by atoms with Crippen molar-refractivity contribution in [3.8, 4) is 22.8 Å². The molecule has 3 aromatic rings. The highest BCUT2D eigenvalue weighted by Crippen LogP contribution is 2.38. The molecule has 0 radical (unpaired) electrons. The second kappa shape index (κ2) is 7.86. The monoisotopic (exact) mass is 378 g/mol. The van der Waals surface area contributed by atoms with Crippen LogP contribution in [-0.2, 0) is 4.74 Å². The Bertz CT molecular complexity index is 1010. The van der Waals surface area contributed by atoms with Crippen molar-refractivity contribution in [1.29, 1.82) is 0 Å². The first-order chi connectivity index (χ1) is 13.7. The van der Waals surface area contributed by atoms with E-state index in [-0.39, 0.29) is 0 Å². The highest BCUT2D eigenvalue weighted by molar-refractivity contribution is 5.99. The summed E-state index contributed by atoms with van der Waals surface area (Å²) in [6, 6.07) is 13.5. The van der Waals surface area contributed by atoms with Gasteiger partial charge >= 0.3 is 0 Å². The number of fused-ring (bicyclic) bond motifs is 1. The number of carbonyl (C=O) groups excluding carboxylic acids is 1. The van der Waals surface area contributed by atoms with E-state index in [1.54, 1.807) is 20.3 Å². The van der Waals surface area contributed by atoms with E-state index in [0.29, 0.717) is 36.0 Å². The Morgan fingerprint density at radius 1 is 1.07 bits per heavy atom. The molecule has 0 spiro atoms. The number of aromatic nitrogens is 1. The molecule has 2 heterocycles. The zero-order valence-corrected chi connectivity index (χ0v) is 16.0. The standard InChI is InChI=1S/C22H22N2O4/c1-26-21-5-3-4-17(22(21)27-2)20-12-15(14-25)18-13-16(6-7-19(18)23-20)24-8-10-28-11-9-24/h3-7,12-14H,8-11H2,1-2H3. The maximum Gasteiger partial charge on any atom is 0.170 e. The Kier molecular flexibility index (Phi) is 5.12. The summed E-state index contributed by atoms with van der Waals surface area (Å²) in [5.74, 6) is 1.22. The molecule has 1 fully saturated rings. The Labute approximate surface area is 163 Å². The molecule has 1 aliphatic rings. The highest BCUT2D eigenvalue weighted by atomic mass is 16.5. The molecule has 1 aliphatic heterocycles. The van der Waals surface area contributed by atoms with Gasteiger partial charge in [-0.3, -0.25) is 4.79 Å². The number of aldehydes is 1. The quantitative estimate of drug-likeness (QED) is 0.633. The van der Waals surface area contributed by atoms with Gasteiger partial charge in [-0.25, -0.2) is 4.98 Å². The van der Waals surface area contributed by atoms with Gasteiger partial charge in [0.2, 0.25) is 0 Å². The van der Waals surface area contributed by atoms with Gasteiger partial charge in [-0.1, -0.05) is 6.07 Å². The molecule has 28 heavy (non-hydrogen) atoms. The average molecular weight is 378 g/mol. The third kappa shape index (κ3) is 3.27. The normalized spacial score (nSPS) is 14.1. The summed E-state index contributed by atoms with van der Waals surface area (Å²) >= 11 is 0. The minimum atomic E-state index is 0.596. The van der Waals surface area contributed by atoms with Crippen LogP contribution < -0.4 is 14.4 Å². The van der Waals surface area contributed by atoms with E-state index in [2.05, 4.69) is 4.90 Å². The van der Waals surface area contributed by atoms with Gasteiger partial charge in [0.05, 0.1) is 38.6 Å². The smallest absolute Gasteiger partial charge is 0.170 e. The second-order valence-corrected chi connectivity index (χ2v) is 6.56. The average Bonchev–Trinajstić information content (AvgIpc) is 2.77. The molecule has 6 nitrogen and oxygen atoms in total. The number of hydrogen-bond acceptors (Lipinski definition) is 6. The molecule has 1 saturated heterocycles. The summed E-state index contributed by atoms with van der Waals surface area (Å²) in [6.07, 6.45) is 0.878. The molecule has 0 amide bonds. The van der Waals surface area contributed by atoms with Gasteiger partial charge in [0.15, 0.2) is 17.8 Å². The van der Waals surface area contributed by atoms with E-state index in [9.17, 15) is 4.79 Å². The predicted octanol–water partition coefficient (Wildman–Crippen LogP) is 3.57. The number of carbonyl (C=O) groups is 1. The predicted molar refractivity (Wildman–Crippen MR) is 109 cm³/mol. The van der Waals surface area contributed by atoms with E-state index >= 15 is 0 Å². The third-order valence-electron chi connectivity index (χ3n) is 5.01. The van der Waals surface area contributed by atoms with Gasteiger partial charge in [0.25, 0.3) is 0 Å². The van der Waals surface area contributed by atoms with Crippen molar-refractivity contribution >= 4 is 22.9 Å². The third-order valence-corrected chi connectivity index (χ3v) is 5.01. The second-order valence-electron chi connectivity index (χ2n) is 6.56.